The summed E-state index contributed by atoms with van der Waals surface area (Å²) in [5, 5.41) is 6.29. The average Bonchev–Trinajstić information content (AvgIpc) is 3.23. The SMILES string of the molecule is CCN(CC)CCN(C(C)=O)c1ccc2c3c(nn2CCN(CC)CC)-c2ccccc2Sc13. The number of fused-ring (bicyclic) bond motifs is 2. The largest absolute Gasteiger partial charge is 0.310 e. The van der Waals surface area contributed by atoms with Crippen LogP contribution in [-0.4, -0.2) is 71.3 Å². The molecule has 0 aliphatic carbocycles. The molecular formula is C27H37N5OS. The highest BCUT2D eigenvalue weighted by Crippen LogP contribution is 2.51. The van der Waals surface area contributed by atoms with Crippen LogP contribution in [0.15, 0.2) is 46.2 Å². The second-order valence-corrected chi connectivity index (χ2v) is 9.75. The summed E-state index contributed by atoms with van der Waals surface area (Å²) in [6.45, 7) is 17.8. The molecule has 0 saturated carbocycles. The van der Waals surface area contributed by atoms with E-state index in [4.69, 9.17) is 5.10 Å². The summed E-state index contributed by atoms with van der Waals surface area (Å²) in [6.07, 6.45) is 0. The lowest BCUT2D eigenvalue weighted by atomic mass is 10.1. The maximum absolute atomic E-state index is 12.8. The Morgan fingerprint density at radius 1 is 0.912 bits per heavy atom. The van der Waals surface area contributed by atoms with Gasteiger partial charge in [0.25, 0.3) is 0 Å². The van der Waals surface area contributed by atoms with Crippen LogP contribution in [0.3, 0.4) is 0 Å². The summed E-state index contributed by atoms with van der Waals surface area (Å²) in [6, 6.07) is 12.8. The van der Waals surface area contributed by atoms with Gasteiger partial charge < -0.3 is 14.7 Å². The highest BCUT2D eigenvalue weighted by atomic mass is 32.2. The Balaban J connectivity index is 1.80. The number of likely N-dealkylation sites (N-methyl/N-ethyl adjacent to an activating group) is 2. The molecular weight excluding hydrogens is 442 g/mol. The first kappa shape index (κ1) is 24.8. The van der Waals surface area contributed by atoms with Crippen molar-refractivity contribution in [2.75, 3.05) is 50.7 Å². The topological polar surface area (TPSA) is 44.6 Å². The Morgan fingerprint density at radius 2 is 1.59 bits per heavy atom. The summed E-state index contributed by atoms with van der Waals surface area (Å²) >= 11 is 1.77. The number of amides is 1. The van der Waals surface area contributed by atoms with E-state index in [2.05, 4.69) is 78.6 Å². The molecule has 0 spiro atoms. The third kappa shape index (κ3) is 4.74. The van der Waals surface area contributed by atoms with Crippen molar-refractivity contribution in [3.05, 3.63) is 36.4 Å². The van der Waals surface area contributed by atoms with E-state index in [0.717, 1.165) is 67.6 Å². The van der Waals surface area contributed by atoms with Crippen LogP contribution in [0.1, 0.15) is 34.6 Å². The maximum Gasteiger partial charge on any atom is 0.223 e. The highest BCUT2D eigenvalue weighted by molar-refractivity contribution is 8.00. The van der Waals surface area contributed by atoms with Gasteiger partial charge in [-0.3, -0.25) is 9.48 Å². The summed E-state index contributed by atoms with van der Waals surface area (Å²) in [7, 11) is 0. The van der Waals surface area contributed by atoms with E-state index < -0.39 is 0 Å². The summed E-state index contributed by atoms with van der Waals surface area (Å²) in [5.41, 5.74) is 4.36. The van der Waals surface area contributed by atoms with Gasteiger partial charge in [0.15, 0.2) is 0 Å². The van der Waals surface area contributed by atoms with Crippen molar-refractivity contribution in [1.29, 1.82) is 0 Å². The predicted molar refractivity (Wildman–Crippen MR) is 143 cm³/mol. The Morgan fingerprint density at radius 3 is 2.26 bits per heavy atom. The lowest BCUT2D eigenvalue weighted by Crippen LogP contribution is -2.38. The second kappa shape index (κ2) is 10.9. The van der Waals surface area contributed by atoms with Crippen molar-refractivity contribution in [1.82, 2.24) is 19.6 Å². The normalized spacial score (nSPS) is 12.6. The molecule has 2 aromatic carbocycles. The minimum Gasteiger partial charge on any atom is -0.310 e. The molecule has 2 heterocycles. The average molecular weight is 480 g/mol. The van der Waals surface area contributed by atoms with Crippen LogP contribution < -0.4 is 4.90 Å². The highest BCUT2D eigenvalue weighted by Gasteiger charge is 2.28. The Kier molecular flexibility index (Phi) is 7.96. The van der Waals surface area contributed by atoms with Gasteiger partial charge in [-0.15, -0.1) is 0 Å². The van der Waals surface area contributed by atoms with Gasteiger partial charge >= 0.3 is 0 Å². The zero-order chi connectivity index (χ0) is 24.2. The molecule has 0 N–H and O–H groups in total. The first-order chi connectivity index (χ1) is 16.5. The lowest BCUT2D eigenvalue weighted by Gasteiger charge is -2.28. The molecule has 0 saturated heterocycles. The minimum absolute atomic E-state index is 0.0812. The maximum atomic E-state index is 12.8. The van der Waals surface area contributed by atoms with Gasteiger partial charge in [0.2, 0.25) is 5.91 Å². The third-order valence-corrected chi connectivity index (χ3v) is 8.13. The number of hydrogen-bond acceptors (Lipinski definition) is 5. The van der Waals surface area contributed by atoms with Crippen LogP contribution in [0.2, 0.25) is 0 Å². The fraction of sp³-hybridized carbons (Fsp3) is 0.481. The third-order valence-electron chi connectivity index (χ3n) is 6.93. The molecule has 6 nitrogen and oxygen atoms in total. The fourth-order valence-corrected chi connectivity index (χ4v) is 6.00. The zero-order valence-corrected chi connectivity index (χ0v) is 22.0. The van der Waals surface area contributed by atoms with Gasteiger partial charge in [-0.2, -0.15) is 5.10 Å². The number of hydrogen-bond donors (Lipinski definition) is 0. The van der Waals surface area contributed by atoms with Gasteiger partial charge in [-0.1, -0.05) is 57.7 Å². The molecule has 4 rings (SSSR count). The smallest absolute Gasteiger partial charge is 0.223 e. The molecule has 0 fully saturated rings. The fourth-order valence-electron chi connectivity index (χ4n) is 4.77. The second-order valence-electron chi connectivity index (χ2n) is 8.70. The molecule has 1 aliphatic rings. The molecule has 1 amide bonds. The lowest BCUT2D eigenvalue weighted by molar-refractivity contribution is -0.116. The molecule has 1 aliphatic heterocycles. The van der Waals surface area contributed by atoms with Crippen molar-refractivity contribution in [2.45, 2.75) is 51.0 Å². The van der Waals surface area contributed by atoms with E-state index in [1.165, 1.54) is 15.8 Å². The van der Waals surface area contributed by atoms with Crippen LogP contribution in [0.4, 0.5) is 5.69 Å². The number of benzene rings is 2. The van der Waals surface area contributed by atoms with Crippen LogP contribution in [-0.2, 0) is 11.3 Å². The van der Waals surface area contributed by atoms with Gasteiger partial charge in [-0.25, -0.2) is 0 Å². The van der Waals surface area contributed by atoms with Crippen LogP contribution >= 0.6 is 11.8 Å². The van der Waals surface area contributed by atoms with E-state index in [1.54, 1.807) is 18.7 Å². The number of nitrogens with zero attached hydrogens (tertiary/aromatic N) is 5. The van der Waals surface area contributed by atoms with E-state index in [9.17, 15) is 4.79 Å². The van der Waals surface area contributed by atoms with Gasteiger partial charge in [0, 0.05) is 47.3 Å². The van der Waals surface area contributed by atoms with E-state index >= 15 is 0 Å². The van der Waals surface area contributed by atoms with Crippen molar-refractivity contribution in [2.24, 2.45) is 0 Å². The van der Waals surface area contributed by atoms with Crippen molar-refractivity contribution >= 4 is 34.3 Å². The Hall–Kier alpha value is -2.35. The van der Waals surface area contributed by atoms with Gasteiger partial charge in [-0.05, 0) is 44.4 Å². The molecule has 1 aromatic heterocycles. The molecule has 3 aromatic rings. The zero-order valence-electron chi connectivity index (χ0n) is 21.2. The van der Waals surface area contributed by atoms with E-state index in [-0.39, 0.29) is 5.91 Å². The molecule has 0 bridgehead atoms. The first-order valence-corrected chi connectivity index (χ1v) is 13.4. The van der Waals surface area contributed by atoms with Crippen LogP contribution in [0.5, 0.6) is 0 Å². The number of rotatable bonds is 11. The van der Waals surface area contributed by atoms with E-state index in [0.29, 0.717) is 6.54 Å². The summed E-state index contributed by atoms with van der Waals surface area (Å²) < 4.78 is 2.16. The summed E-state index contributed by atoms with van der Waals surface area (Å²) in [5.74, 6) is 0.0812. The minimum atomic E-state index is 0.0812. The van der Waals surface area contributed by atoms with Gasteiger partial charge in [0.05, 0.1) is 17.7 Å². The Labute approximate surface area is 207 Å². The Bertz CT molecular complexity index is 1150. The molecule has 182 valence electrons. The quantitative estimate of drug-likeness (QED) is 0.296. The van der Waals surface area contributed by atoms with Crippen LogP contribution in [0, 0.1) is 0 Å². The number of carbonyl (C=O) groups excluding carboxylic acids is 1. The molecule has 0 unspecified atom stereocenters. The monoisotopic (exact) mass is 479 g/mol. The van der Waals surface area contributed by atoms with Crippen molar-refractivity contribution < 1.29 is 4.79 Å². The van der Waals surface area contributed by atoms with Crippen molar-refractivity contribution in [3.8, 4) is 11.3 Å². The standard InChI is InChI=1S/C27H37N5OS/c1-6-29(7-2)16-18-31(20(5)33)23-15-14-22-25-26(28-32(22)19-17-30(8-3)9-4)21-12-10-11-13-24(21)34-27(23)25/h10-15H,6-9,16-19H2,1-5H3. The number of aromatic nitrogens is 2. The molecule has 7 heteroatoms. The molecule has 34 heavy (non-hydrogen) atoms. The van der Waals surface area contributed by atoms with Crippen LogP contribution in [0.25, 0.3) is 22.2 Å². The van der Waals surface area contributed by atoms with Crippen molar-refractivity contribution in [3.63, 3.8) is 0 Å². The number of anilines is 1. The number of carbonyl (C=O) groups is 1. The summed E-state index contributed by atoms with van der Waals surface area (Å²) in [4.78, 5) is 21.9. The predicted octanol–water partition coefficient (Wildman–Crippen LogP) is 5.20. The van der Waals surface area contributed by atoms with Gasteiger partial charge in [0.1, 0.15) is 5.69 Å². The first-order valence-electron chi connectivity index (χ1n) is 12.6. The van der Waals surface area contributed by atoms with E-state index in [1.807, 2.05) is 4.90 Å². The molecule has 0 radical (unpaired) electrons. The molecule has 0 atom stereocenters.